The average molecular weight is 462 g/mol. The van der Waals surface area contributed by atoms with Gasteiger partial charge < -0.3 is 10.1 Å². The quantitative estimate of drug-likeness (QED) is 0.262. The minimum Gasteiger partial charge on any atom is -0.464 e. The minimum atomic E-state index is -0.836. The van der Waals surface area contributed by atoms with E-state index in [1.54, 1.807) is 0 Å². The van der Waals surface area contributed by atoms with E-state index in [0.29, 0.717) is 5.56 Å². The van der Waals surface area contributed by atoms with Crippen molar-refractivity contribution in [3.05, 3.63) is 86.6 Å². The van der Waals surface area contributed by atoms with Crippen LogP contribution >= 0.6 is 0 Å². The molecule has 0 aliphatic carbocycles. The van der Waals surface area contributed by atoms with E-state index in [2.05, 4.69) is 41.6 Å². The number of nitro benzene ring substituents is 1. The summed E-state index contributed by atoms with van der Waals surface area (Å²) in [6.07, 6.45) is 0. The van der Waals surface area contributed by atoms with Crippen molar-refractivity contribution in [1.29, 1.82) is 0 Å². The molecule has 1 atom stereocenters. The number of carbonyl (C=O) groups excluding carboxylic acids is 2. The molecule has 1 aliphatic heterocycles. The van der Waals surface area contributed by atoms with Crippen molar-refractivity contribution in [3.8, 4) is 0 Å². The number of esters is 1. The van der Waals surface area contributed by atoms with Gasteiger partial charge in [0.25, 0.3) is 5.69 Å². The lowest BCUT2D eigenvalue weighted by Gasteiger charge is -2.28. The lowest BCUT2D eigenvalue weighted by molar-refractivity contribution is -0.384. The van der Waals surface area contributed by atoms with E-state index in [9.17, 15) is 19.7 Å². The van der Waals surface area contributed by atoms with E-state index in [-0.39, 0.29) is 33.9 Å². The first kappa shape index (κ1) is 22.8. The summed E-state index contributed by atoms with van der Waals surface area (Å²) in [4.78, 5) is 36.9. The molecule has 0 bridgehead atoms. The van der Waals surface area contributed by atoms with Crippen LogP contribution in [0.5, 0.6) is 0 Å². The van der Waals surface area contributed by atoms with Gasteiger partial charge in [-0.1, -0.05) is 50.1 Å². The van der Waals surface area contributed by atoms with Gasteiger partial charge in [-0.25, -0.2) is 4.79 Å². The van der Waals surface area contributed by atoms with Gasteiger partial charge in [-0.05, 0) is 39.1 Å². The highest BCUT2D eigenvalue weighted by molar-refractivity contribution is 6.15. The molecule has 1 aromatic heterocycles. The zero-order valence-electron chi connectivity index (χ0n) is 19.0. The van der Waals surface area contributed by atoms with Crippen LogP contribution in [0, 0.1) is 10.1 Å². The second kappa shape index (κ2) is 8.50. The first-order valence-electron chi connectivity index (χ1n) is 10.4. The molecule has 11 nitrogen and oxygen atoms in total. The molecule has 174 valence electrons. The molecule has 0 saturated carbocycles. The SMILES string of the molecule is COC(=O)C1=C(C(=O)c2ccc([N+](=O)[O-])cc2)[C@H](c2ccc(C(C)(C)C)cc2)n2nnnc2N1. The molecule has 11 heteroatoms. The summed E-state index contributed by atoms with van der Waals surface area (Å²) in [5.41, 5.74) is 1.64. The van der Waals surface area contributed by atoms with Gasteiger partial charge in [-0.15, -0.1) is 0 Å². The molecule has 0 unspecified atom stereocenters. The van der Waals surface area contributed by atoms with Crippen LogP contribution in [0.15, 0.2) is 59.8 Å². The Balaban J connectivity index is 1.89. The number of hydrogen-bond donors (Lipinski definition) is 1. The van der Waals surface area contributed by atoms with Crippen LogP contribution in [0.2, 0.25) is 0 Å². The molecule has 0 radical (unpaired) electrons. The molecule has 1 aliphatic rings. The van der Waals surface area contributed by atoms with Crippen LogP contribution in [0.3, 0.4) is 0 Å². The molecule has 0 spiro atoms. The molecule has 0 fully saturated rings. The second-order valence-corrected chi connectivity index (χ2v) is 8.76. The number of allylic oxidation sites excluding steroid dienone is 1. The zero-order chi connectivity index (χ0) is 24.6. The van der Waals surface area contributed by atoms with Crippen molar-refractivity contribution < 1.29 is 19.2 Å². The fraction of sp³-hybridized carbons (Fsp3) is 0.261. The van der Waals surface area contributed by atoms with Gasteiger partial charge in [-0.2, -0.15) is 4.68 Å². The van der Waals surface area contributed by atoms with E-state index in [1.165, 1.54) is 36.1 Å². The van der Waals surface area contributed by atoms with Crippen molar-refractivity contribution >= 4 is 23.4 Å². The summed E-state index contributed by atoms with van der Waals surface area (Å²) >= 11 is 0. The smallest absolute Gasteiger partial charge is 0.355 e. The van der Waals surface area contributed by atoms with Crippen LogP contribution in [-0.2, 0) is 14.9 Å². The maximum absolute atomic E-state index is 13.7. The Labute approximate surface area is 194 Å². The van der Waals surface area contributed by atoms with Crippen LogP contribution in [0.25, 0.3) is 0 Å². The van der Waals surface area contributed by atoms with E-state index in [1.807, 2.05) is 24.3 Å². The number of ether oxygens (including phenoxy) is 1. The number of benzene rings is 2. The van der Waals surface area contributed by atoms with Gasteiger partial charge in [0, 0.05) is 17.7 Å². The Morgan fingerprint density at radius 2 is 1.74 bits per heavy atom. The number of ketones is 1. The van der Waals surface area contributed by atoms with E-state index in [0.717, 1.165) is 5.56 Å². The topological polar surface area (TPSA) is 142 Å². The number of Topliss-reactive ketones (excluding diaryl/α,β-unsaturated/α-hetero) is 1. The van der Waals surface area contributed by atoms with E-state index in [4.69, 9.17) is 4.74 Å². The molecule has 4 rings (SSSR count). The Bertz CT molecular complexity index is 1300. The Kier molecular flexibility index (Phi) is 5.70. The fourth-order valence-corrected chi connectivity index (χ4v) is 3.75. The molecule has 0 saturated heterocycles. The number of non-ortho nitro benzene ring substituents is 1. The number of anilines is 1. The van der Waals surface area contributed by atoms with Crippen LogP contribution in [-0.4, -0.2) is 44.0 Å². The van der Waals surface area contributed by atoms with Gasteiger partial charge in [0.05, 0.1) is 17.6 Å². The van der Waals surface area contributed by atoms with Crippen LogP contribution in [0.1, 0.15) is 48.3 Å². The highest BCUT2D eigenvalue weighted by Gasteiger charge is 2.38. The number of methoxy groups -OCH3 is 1. The summed E-state index contributed by atoms with van der Waals surface area (Å²) < 4.78 is 6.33. The van der Waals surface area contributed by atoms with E-state index < -0.39 is 22.7 Å². The molecule has 3 aromatic rings. The Morgan fingerprint density at radius 1 is 1.09 bits per heavy atom. The molecular formula is C23H22N6O5. The van der Waals surface area contributed by atoms with Crippen molar-refractivity contribution in [2.75, 3.05) is 12.4 Å². The molecular weight excluding hydrogens is 440 g/mol. The van der Waals surface area contributed by atoms with Crippen molar-refractivity contribution in [2.24, 2.45) is 0 Å². The number of hydrogen-bond acceptors (Lipinski definition) is 9. The lowest BCUT2D eigenvalue weighted by Crippen LogP contribution is -2.33. The van der Waals surface area contributed by atoms with Crippen molar-refractivity contribution in [1.82, 2.24) is 20.2 Å². The standard InChI is InChI=1S/C23H22N6O5/c1-23(2,3)15-9-5-13(6-10-15)19-17(20(30)14-7-11-16(12-8-14)29(32)33)18(21(31)34-4)24-22-25-26-27-28(19)22/h5-12,19H,1-4H3,(H,24,25,27)/t19-/m0/s1. The number of fused-ring (bicyclic) bond motifs is 1. The van der Waals surface area contributed by atoms with Gasteiger partial charge in [0.1, 0.15) is 11.7 Å². The monoisotopic (exact) mass is 462 g/mol. The predicted octanol–water partition coefficient (Wildman–Crippen LogP) is 3.20. The number of nitrogens with one attached hydrogen (secondary N) is 1. The number of rotatable bonds is 5. The average Bonchev–Trinajstić information content (AvgIpc) is 3.30. The Morgan fingerprint density at radius 3 is 2.29 bits per heavy atom. The molecule has 2 heterocycles. The maximum Gasteiger partial charge on any atom is 0.355 e. The third-order valence-electron chi connectivity index (χ3n) is 5.58. The number of nitro groups is 1. The van der Waals surface area contributed by atoms with E-state index >= 15 is 0 Å². The molecule has 2 aromatic carbocycles. The van der Waals surface area contributed by atoms with Gasteiger partial charge in [-0.3, -0.25) is 14.9 Å². The number of tetrazole rings is 1. The van der Waals surface area contributed by atoms with Gasteiger partial charge >= 0.3 is 5.97 Å². The lowest BCUT2D eigenvalue weighted by atomic mass is 9.84. The summed E-state index contributed by atoms with van der Waals surface area (Å²) in [5.74, 6) is -1.12. The third kappa shape index (κ3) is 4.03. The zero-order valence-corrected chi connectivity index (χ0v) is 19.0. The normalized spacial score (nSPS) is 15.4. The van der Waals surface area contributed by atoms with Crippen molar-refractivity contribution in [2.45, 2.75) is 32.2 Å². The summed E-state index contributed by atoms with van der Waals surface area (Å²) in [6.45, 7) is 6.26. The molecule has 0 amide bonds. The second-order valence-electron chi connectivity index (χ2n) is 8.76. The summed E-state index contributed by atoms with van der Waals surface area (Å²) in [5, 5.41) is 25.5. The predicted molar refractivity (Wildman–Crippen MR) is 121 cm³/mol. The summed E-state index contributed by atoms with van der Waals surface area (Å²) in [6, 6.07) is 11.9. The summed E-state index contributed by atoms with van der Waals surface area (Å²) in [7, 11) is 1.20. The highest BCUT2D eigenvalue weighted by atomic mass is 16.6. The largest absolute Gasteiger partial charge is 0.464 e. The number of nitrogens with zero attached hydrogens (tertiary/aromatic N) is 5. The van der Waals surface area contributed by atoms with Crippen molar-refractivity contribution in [3.63, 3.8) is 0 Å². The minimum absolute atomic E-state index is 0.0593. The molecule has 1 N–H and O–H groups in total. The van der Waals surface area contributed by atoms with Gasteiger partial charge in [0.15, 0.2) is 5.78 Å². The van der Waals surface area contributed by atoms with Crippen LogP contribution in [0.4, 0.5) is 11.6 Å². The first-order chi connectivity index (χ1) is 16.1. The van der Waals surface area contributed by atoms with Gasteiger partial charge in [0.2, 0.25) is 5.95 Å². The number of carbonyl (C=O) groups is 2. The van der Waals surface area contributed by atoms with Crippen LogP contribution < -0.4 is 5.32 Å². The fourth-order valence-electron chi connectivity index (χ4n) is 3.75. The number of aromatic nitrogens is 4. The third-order valence-corrected chi connectivity index (χ3v) is 5.58. The Hall–Kier alpha value is -4.41. The highest BCUT2D eigenvalue weighted by Crippen LogP contribution is 2.37. The molecule has 34 heavy (non-hydrogen) atoms. The maximum atomic E-state index is 13.7. The first-order valence-corrected chi connectivity index (χ1v) is 10.4.